The van der Waals surface area contributed by atoms with Crippen molar-refractivity contribution in [2.45, 2.75) is 0 Å². The van der Waals surface area contributed by atoms with Gasteiger partial charge in [-0.15, -0.1) is 0 Å². The van der Waals surface area contributed by atoms with Crippen LogP contribution in [-0.2, 0) is 3.80 Å². The van der Waals surface area contributed by atoms with Crippen LogP contribution in [0.2, 0.25) is 0 Å². The summed E-state index contributed by atoms with van der Waals surface area (Å²) >= 11 is -1.75. The molecule has 0 atom stereocenters. The van der Waals surface area contributed by atoms with E-state index in [9.17, 15) is 0 Å². The van der Waals surface area contributed by atoms with E-state index in [4.69, 9.17) is 7.96 Å². The monoisotopic (exact) mass is 122 g/mol. The first-order chi connectivity index (χ1) is 1.41. The van der Waals surface area contributed by atoms with Gasteiger partial charge in [-0.25, -0.2) is 0 Å². The van der Waals surface area contributed by atoms with E-state index in [0.717, 1.165) is 0 Å². The van der Waals surface area contributed by atoms with Gasteiger partial charge in [0.05, 0.1) is 0 Å². The molecule has 0 aromatic carbocycles. The van der Waals surface area contributed by atoms with Gasteiger partial charge in [0, 0.05) is 0 Å². The standard InChI is InChI=1S/Al.K.Na.2O.H/q;;+1;;-1;. The maximum absolute atomic E-state index is 8.46. The van der Waals surface area contributed by atoms with Gasteiger partial charge >= 0.3 is 104 Å². The molecule has 0 N–H and O–H groups in total. The van der Waals surface area contributed by atoms with Gasteiger partial charge in [0.25, 0.3) is 0 Å². The normalized spacial score (nSPS) is 1.60. The summed E-state index contributed by atoms with van der Waals surface area (Å²) in [5.41, 5.74) is 0. The Labute approximate surface area is 102 Å². The van der Waals surface area contributed by atoms with Gasteiger partial charge < -0.3 is 0 Å². The Hall–Kier alpha value is 2.77. The van der Waals surface area contributed by atoms with E-state index in [0.29, 0.717) is 0 Å². The zero-order valence-electron chi connectivity index (χ0n) is 2.39. The van der Waals surface area contributed by atoms with Crippen LogP contribution in [-0.4, -0.2) is 66.9 Å². The van der Waals surface area contributed by atoms with Crippen molar-refractivity contribution in [3.63, 3.8) is 0 Å². The van der Waals surface area contributed by atoms with Crippen LogP contribution in [0.4, 0.5) is 0 Å². The second-order valence-corrected chi connectivity index (χ2v) is 0.289. The van der Waals surface area contributed by atoms with Crippen LogP contribution in [0.25, 0.3) is 0 Å². The predicted octanol–water partition coefficient (Wildman–Crippen LogP) is -5.33. The molecule has 5 heavy (non-hydrogen) atoms. The molecule has 2 nitrogen and oxygen atoms in total. The van der Waals surface area contributed by atoms with Crippen LogP contribution in [0.15, 0.2) is 0 Å². The first kappa shape index (κ1) is 15.7. The molecule has 0 bridgehead atoms. The van der Waals surface area contributed by atoms with Crippen LogP contribution in [0.3, 0.4) is 0 Å². The van der Waals surface area contributed by atoms with E-state index in [-0.39, 0.29) is 80.9 Å². The maximum atomic E-state index is 8.46. The number of hydrogen-bond acceptors (Lipinski definition) is 2. The van der Waals surface area contributed by atoms with Crippen LogP contribution < -0.4 is 33.7 Å². The average molecular weight is 122 g/mol. The summed E-state index contributed by atoms with van der Waals surface area (Å²) in [6.07, 6.45) is 0. The van der Waals surface area contributed by atoms with Gasteiger partial charge in [-0.05, 0) is 0 Å². The first-order valence-corrected chi connectivity index (χ1v) is 1.41. The molecule has 0 amide bonds. The molecule has 18 valence electrons. The van der Waals surface area contributed by atoms with Crippen molar-refractivity contribution in [3.05, 3.63) is 0 Å². The van der Waals surface area contributed by atoms with Crippen LogP contribution >= 0.6 is 0 Å². The molecule has 0 radical (unpaired) electrons. The Bertz CT molecular complexity index is 17.1. The summed E-state index contributed by atoms with van der Waals surface area (Å²) < 4.78 is 16.9. The van der Waals surface area contributed by atoms with Crippen molar-refractivity contribution >= 4 is 66.9 Å². The van der Waals surface area contributed by atoms with Gasteiger partial charge in [0.15, 0.2) is 0 Å². The molecule has 0 fully saturated rings. The Balaban J connectivity index is -0.0000000200. The van der Waals surface area contributed by atoms with Gasteiger partial charge in [-0.1, -0.05) is 0 Å². The zero-order valence-corrected chi connectivity index (χ0v) is 5.55. The fraction of sp³-hybridized carbons (Fsp3) is 0. The Morgan fingerprint density at radius 1 is 1.60 bits per heavy atom. The molecular formula is HAlKNaO2. The summed E-state index contributed by atoms with van der Waals surface area (Å²) in [7, 11) is 0. The summed E-state index contributed by atoms with van der Waals surface area (Å²) in [6, 6.07) is 0. The molecule has 0 spiro atoms. The van der Waals surface area contributed by atoms with E-state index < -0.39 is 15.5 Å². The van der Waals surface area contributed by atoms with Gasteiger partial charge in [-0.2, -0.15) is 0 Å². The van der Waals surface area contributed by atoms with E-state index in [2.05, 4.69) is 0 Å². The quantitative estimate of drug-likeness (QED) is 0.301. The Morgan fingerprint density at radius 2 is 1.60 bits per heavy atom. The van der Waals surface area contributed by atoms with Crippen molar-refractivity contribution in [3.8, 4) is 0 Å². The fourth-order valence-electron chi connectivity index (χ4n) is 0. The molecule has 0 aliphatic carbocycles. The molecule has 0 aromatic rings. The van der Waals surface area contributed by atoms with Crippen molar-refractivity contribution in [1.82, 2.24) is 0 Å². The third-order valence-electron chi connectivity index (χ3n) is 0. The zero-order chi connectivity index (χ0) is 2.71. The molecule has 0 saturated carbocycles. The van der Waals surface area contributed by atoms with Crippen molar-refractivity contribution in [1.29, 1.82) is 0 Å². The average Bonchev–Trinajstić information content (AvgIpc) is 0.918. The van der Waals surface area contributed by atoms with Gasteiger partial charge in [0.2, 0.25) is 0 Å². The van der Waals surface area contributed by atoms with E-state index in [1.807, 2.05) is 0 Å². The van der Waals surface area contributed by atoms with Gasteiger partial charge in [-0.3, -0.25) is 0 Å². The minimum atomic E-state index is -1.75. The molecule has 0 aliphatic heterocycles. The molecule has 0 aliphatic rings. The number of rotatable bonds is 0. The second-order valence-electron chi connectivity index (χ2n) is 0.0962. The Morgan fingerprint density at radius 3 is 1.60 bits per heavy atom. The summed E-state index contributed by atoms with van der Waals surface area (Å²) in [5.74, 6) is 0. The topological polar surface area (TPSA) is 40.1 Å². The fourth-order valence-corrected chi connectivity index (χ4v) is 0. The summed E-state index contributed by atoms with van der Waals surface area (Å²) in [4.78, 5) is 0. The SMILES string of the molecule is [KH].[Na+].[O]=[Al][O-]. The van der Waals surface area contributed by atoms with Crippen molar-refractivity contribution in [2.75, 3.05) is 0 Å². The molecule has 0 heterocycles. The summed E-state index contributed by atoms with van der Waals surface area (Å²) in [6.45, 7) is 0. The molecule has 0 aromatic heterocycles. The molecule has 0 unspecified atom stereocenters. The van der Waals surface area contributed by atoms with Crippen LogP contribution in [0.1, 0.15) is 0 Å². The van der Waals surface area contributed by atoms with E-state index in [1.54, 1.807) is 0 Å². The molecule has 0 rings (SSSR count). The minimum absolute atomic E-state index is 0. The van der Waals surface area contributed by atoms with E-state index >= 15 is 0 Å². The molecule has 0 saturated heterocycles. The molecular weight excluding hydrogens is 121 g/mol. The Kier molecular flexibility index (Phi) is 49.6. The molecule has 5 heteroatoms. The third kappa shape index (κ3) is 20.1. The predicted molar refractivity (Wildman–Crippen MR) is 13.6 cm³/mol. The third-order valence-corrected chi connectivity index (χ3v) is 0. The van der Waals surface area contributed by atoms with Crippen LogP contribution in [0, 0.1) is 0 Å². The van der Waals surface area contributed by atoms with Crippen molar-refractivity contribution < 1.29 is 37.5 Å². The summed E-state index contributed by atoms with van der Waals surface area (Å²) in [5, 5.41) is 0. The first-order valence-electron chi connectivity index (χ1n) is 0.471. The van der Waals surface area contributed by atoms with Crippen LogP contribution in [0.5, 0.6) is 0 Å². The van der Waals surface area contributed by atoms with Gasteiger partial charge in [0.1, 0.15) is 0 Å². The second kappa shape index (κ2) is 15.9. The van der Waals surface area contributed by atoms with E-state index in [1.165, 1.54) is 0 Å². The van der Waals surface area contributed by atoms with Crippen molar-refractivity contribution in [2.24, 2.45) is 0 Å². The number of hydrogen-bond donors (Lipinski definition) is 0.